The van der Waals surface area contributed by atoms with Gasteiger partial charge in [-0.3, -0.25) is 0 Å². The Kier molecular flexibility index (Phi) is 2.87. The van der Waals surface area contributed by atoms with Crippen LogP contribution in [0.5, 0.6) is 0 Å². The number of nitrogens with two attached hydrogens (primary N) is 1. The lowest BCUT2D eigenvalue weighted by molar-refractivity contribution is 0.384. The van der Waals surface area contributed by atoms with Gasteiger partial charge in [0.2, 0.25) is 0 Å². The Morgan fingerprint density at radius 2 is 2.00 bits per heavy atom. The number of aromatic nitrogens is 4. The molecule has 2 aromatic heterocycles. The summed E-state index contributed by atoms with van der Waals surface area (Å²) in [5.41, 5.74) is 7.58. The van der Waals surface area contributed by atoms with Crippen molar-refractivity contribution in [1.82, 2.24) is 19.9 Å². The van der Waals surface area contributed by atoms with Crippen LogP contribution in [0.1, 0.15) is 25.7 Å². The van der Waals surface area contributed by atoms with E-state index in [9.17, 15) is 0 Å². The van der Waals surface area contributed by atoms with Gasteiger partial charge in [-0.15, -0.1) is 0 Å². The van der Waals surface area contributed by atoms with Crippen LogP contribution < -0.4 is 10.6 Å². The maximum absolute atomic E-state index is 5.95. The first kappa shape index (κ1) is 11.4. The topological polar surface area (TPSA) is 83.7 Å². The number of nitrogens with one attached hydrogen (secondary N) is 1. The second-order valence-corrected chi connectivity index (χ2v) is 4.98. The highest BCUT2D eigenvalue weighted by Crippen LogP contribution is 2.27. The molecule has 18 heavy (non-hydrogen) atoms. The van der Waals surface area contributed by atoms with Crippen molar-refractivity contribution in [1.29, 1.82) is 0 Å². The van der Waals surface area contributed by atoms with Gasteiger partial charge in [0, 0.05) is 19.1 Å². The third-order valence-corrected chi connectivity index (χ3v) is 3.83. The molecule has 0 atom stereocenters. The largest absolute Gasteiger partial charge is 0.355 e. The molecule has 0 spiro atoms. The molecule has 0 amide bonds. The Bertz CT molecular complexity index is 528. The van der Waals surface area contributed by atoms with Crippen LogP contribution in [0.25, 0.3) is 11.2 Å². The average molecular weight is 246 g/mol. The summed E-state index contributed by atoms with van der Waals surface area (Å²) < 4.78 is 0. The van der Waals surface area contributed by atoms with Gasteiger partial charge in [0.25, 0.3) is 0 Å². The molecule has 0 bridgehead atoms. The summed E-state index contributed by atoms with van der Waals surface area (Å²) in [5.74, 6) is 0.929. The fourth-order valence-corrected chi connectivity index (χ4v) is 2.68. The zero-order chi connectivity index (χ0) is 12.5. The van der Waals surface area contributed by atoms with Crippen LogP contribution in [0.3, 0.4) is 0 Å². The standard InChI is InChI=1S/C12H18N6/c1-18(9-4-2-8(13)3-5-9)12-10-11(15-6-14-10)16-7-17-12/h6-9H,2-5,13H2,1H3,(H,14,15,16,17). The van der Waals surface area contributed by atoms with Gasteiger partial charge in [0.15, 0.2) is 11.5 Å². The van der Waals surface area contributed by atoms with Gasteiger partial charge in [-0.2, -0.15) is 0 Å². The van der Waals surface area contributed by atoms with Crippen LogP contribution in [0.2, 0.25) is 0 Å². The average Bonchev–Trinajstić information content (AvgIpc) is 2.87. The third kappa shape index (κ3) is 1.92. The molecule has 2 heterocycles. The van der Waals surface area contributed by atoms with Crippen LogP contribution >= 0.6 is 0 Å². The minimum Gasteiger partial charge on any atom is -0.355 e. The van der Waals surface area contributed by atoms with Gasteiger partial charge in [-0.1, -0.05) is 0 Å². The first-order valence-corrected chi connectivity index (χ1v) is 6.38. The lowest BCUT2D eigenvalue weighted by atomic mass is 9.91. The molecule has 3 N–H and O–H groups in total. The SMILES string of the molecule is CN(c1ncnc2nc[nH]c12)C1CCC(N)CC1. The number of hydrogen-bond acceptors (Lipinski definition) is 5. The molecule has 2 aromatic rings. The van der Waals surface area contributed by atoms with E-state index in [2.05, 4.69) is 31.9 Å². The fraction of sp³-hybridized carbons (Fsp3) is 0.583. The molecule has 96 valence electrons. The van der Waals surface area contributed by atoms with Crippen molar-refractivity contribution in [3.8, 4) is 0 Å². The summed E-state index contributed by atoms with van der Waals surface area (Å²) >= 11 is 0. The Morgan fingerprint density at radius 3 is 2.78 bits per heavy atom. The molecular weight excluding hydrogens is 228 g/mol. The van der Waals surface area contributed by atoms with Crippen LogP contribution in [0, 0.1) is 0 Å². The number of aromatic amines is 1. The highest BCUT2D eigenvalue weighted by molar-refractivity contribution is 5.82. The van der Waals surface area contributed by atoms with Crippen LogP contribution in [0.15, 0.2) is 12.7 Å². The van der Waals surface area contributed by atoms with E-state index in [-0.39, 0.29) is 0 Å². The summed E-state index contributed by atoms with van der Waals surface area (Å²) in [6.45, 7) is 0. The molecule has 0 unspecified atom stereocenters. The van der Waals surface area contributed by atoms with Gasteiger partial charge in [-0.25, -0.2) is 15.0 Å². The number of nitrogens with zero attached hydrogens (tertiary/aromatic N) is 4. The number of hydrogen-bond donors (Lipinski definition) is 2. The lowest BCUT2D eigenvalue weighted by Crippen LogP contribution is -2.39. The predicted octanol–water partition coefficient (Wildman–Crippen LogP) is 1.06. The lowest BCUT2D eigenvalue weighted by Gasteiger charge is -2.34. The Balaban J connectivity index is 1.87. The number of H-pyrrole nitrogens is 1. The molecule has 0 aliphatic heterocycles. The molecular formula is C12H18N6. The first-order valence-electron chi connectivity index (χ1n) is 6.38. The molecule has 1 aliphatic carbocycles. The van der Waals surface area contributed by atoms with Gasteiger partial charge in [0.1, 0.15) is 11.8 Å². The van der Waals surface area contributed by atoms with Crippen molar-refractivity contribution in [2.45, 2.75) is 37.8 Å². The molecule has 0 aromatic carbocycles. The van der Waals surface area contributed by atoms with E-state index < -0.39 is 0 Å². The molecule has 6 heteroatoms. The Morgan fingerprint density at radius 1 is 1.22 bits per heavy atom. The molecule has 0 saturated heterocycles. The van der Waals surface area contributed by atoms with Crippen molar-refractivity contribution in [2.24, 2.45) is 5.73 Å². The molecule has 1 saturated carbocycles. The maximum atomic E-state index is 5.95. The van der Waals surface area contributed by atoms with Gasteiger partial charge in [-0.05, 0) is 25.7 Å². The van der Waals surface area contributed by atoms with Gasteiger partial charge < -0.3 is 15.6 Å². The van der Waals surface area contributed by atoms with Crippen molar-refractivity contribution in [3.63, 3.8) is 0 Å². The van der Waals surface area contributed by atoms with Gasteiger partial charge >= 0.3 is 0 Å². The Labute approximate surface area is 106 Å². The monoisotopic (exact) mass is 246 g/mol. The summed E-state index contributed by atoms with van der Waals surface area (Å²) in [4.78, 5) is 18.0. The summed E-state index contributed by atoms with van der Waals surface area (Å²) in [5, 5.41) is 0. The van der Waals surface area contributed by atoms with E-state index in [4.69, 9.17) is 5.73 Å². The zero-order valence-corrected chi connectivity index (χ0v) is 10.5. The normalized spacial score (nSPS) is 24.3. The molecule has 6 nitrogen and oxygen atoms in total. The second-order valence-electron chi connectivity index (χ2n) is 4.98. The van der Waals surface area contributed by atoms with Crippen LogP contribution in [0.4, 0.5) is 5.82 Å². The van der Waals surface area contributed by atoms with Crippen molar-refractivity contribution >= 4 is 17.0 Å². The van der Waals surface area contributed by atoms with Crippen LogP contribution in [-0.4, -0.2) is 39.1 Å². The summed E-state index contributed by atoms with van der Waals surface area (Å²) in [6.07, 6.45) is 7.66. The maximum Gasteiger partial charge on any atom is 0.182 e. The number of anilines is 1. The third-order valence-electron chi connectivity index (χ3n) is 3.83. The molecule has 1 fully saturated rings. The first-order chi connectivity index (χ1) is 8.75. The zero-order valence-electron chi connectivity index (χ0n) is 10.5. The molecule has 0 radical (unpaired) electrons. The Hall–Kier alpha value is -1.69. The smallest absolute Gasteiger partial charge is 0.182 e. The minimum atomic E-state index is 0.368. The molecule has 3 rings (SSSR count). The van der Waals surface area contributed by atoms with E-state index >= 15 is 0 Å². The van der Waals surface area contributed by atoms with Gasteiger partial charge in [0.05, 0.1) is 6.33 Å². The van der Waals surface area contributed by atoms with E-state index in [1.54, 1.807) is 12.7 Å². The van der Waals surface area contributed by atoms with Crippen LogP contribution in [-0.2, 0) is 0 Å². The van der Waals surface area contributed by atoms with Crippen molar-refractivity contribution in [2.75, 3.05) is 11.9 Å². The highest BCUT2D eigenvalue weighted by Gasteiger charge is 2.24. The van der Waals surface area contributed by atoms with E-state index in [0.29, 0.717) is 12.1 Å². The predicted molar refractivity (Wildman–Crippen MR) is 70.3 cm³/mol. The number of rotatable bonds is 2. The highest BCUT2D eigenvalue weighted by atomic mass is 15.2. The van der Waals surface area contributed by atoms with E-state index in [0.717, 1.165) is 42.7 Å². The van der Waals surface area contributed by atoms with Crippen molar-refractivity contribution < 1.29 is 0 Å². The second kappa shape index (κ2) is 4.53. The summed E-state index contributed by atoms with van der Waals surface area (Å²) in [7, 11) is 2.09. The summed E-state index contributed by atoms with van der Waals surface area (Å²) in [6, 6.07) is 0.874. The van der Waals surface area contributed by atoms with E-state index in [1.165, 1.54) is 0 Å². The van der Waals surface area contributed by atoms with E-state index in [1.807, 2.05) is 0 Å². The number of imidazole rings is 1. The minimum absolute atomic E-state index is 0.368. The quantitative estimate of drug-likeness (QED) is 0.827. The fourth-order valence-electron chi connectivity index (χ4n) is 2.68. The van der Waals surface area contributed by atoms with Crippen molar-refractivity contribution in [3.05, 3.63) is 12.7 Å². The number of fused-ring (bicyclic) bond motifs is 1. The molecule has 1 aliphatic rings.